The monoisotopic (exact) mass is 631 g/mol. The molecule has 1 heterocycles. The number of alkyl halides is 6. The Hall–Kier alpha value is -4.66. The minimum absolute atomic E-state index is 0.105. The number of carboxylic acid groups (broad SMARTS) is 2. The minimum Gasteiger partial charge on any atom is -0.475 e. The molecule has 1 amide bonds. The Bertz CT molecular complexity index is 1340. The maximum absolute atomic E-state index is 13.4. The second-order valence-corrected chi connectivity index (χ2v) is 9.22. The third kappa shape index (κ3) is 12.7. The summed E-state index contributed by atoms with van der Waals surface area (Å²) in [4.78, 5) is 34.8. The van der Waals surface area contributed by atoms with Crippen LogP contribution < -0.4 is 10.2 Å². The van der Waals surface area contributed by atoms with Crippen molar-refractivity contribution in [1.29, 1.82) is 0 Å². The van der Waals surface area contributed by atoms with Gasteiger partial charge in [-0.2, -0.15) is 26.3 Å². The third-order valence-electron chi connectivity index (χ3n) is 5.90. The fourth-order valence-corrected chi connectivity index (χ4v) is 3.83. The molecule has 0 atom stereocenters. The van der Waals surface area contributed by atoms with Crippen LogP contribution in [0.3, 0.4) is 0 Å². The van der Waals surface area contributed by atoms with E-state index >= 15 is 0 Å². The predicted octanol–water partition coefficient (Wildman–Crippen LogP) is 6.06. The molecule has 44 heavy (non-hydrogen) atoms. The maximum atomic E-state index is 13.4. The summed E-state index contributed by atoms with van der Waals surface area (Å²) in [6, 6.07) is 24.1. The number of hydrogen-bond donors (Lipinski definition) is 3. The van der Waals surface area contributed by atoms with Gasteiger partial charge in [-0.25, -0.2) is 14.0 Å². The van der Waals surface area contributed by atoms with Crippen LogP contribution in [-0.2, 0) is 16.1 Å². The lowest BCUT2D eigenvalue weighted by Crippen LogP contribution is -2.30. The van der Waals surface area contributed by atoms with E-state index in [4.69, 9.17) is 19.8 Å². The number of rotatable bonds is 5. The molecular formula is C29H28F7N3O5. The highest BCUT2D eigenvalue weighted by molar-refractivity contribution is 6.04. The van der Waals surface area contributed by atoms with Crippen molar-refractivity contribution in [3.8, 4) is 0 Å². The molecule has 3 N–H and O–H groups in total. The summed E-state index contributed by atoms with van der Waals surface area (Å²) < 4.78 is 76.9. The number of carbonyl (C=O) groups excluding carboxylic acids is 1. The molecular weight excluding hydrogens is 603 g/mol. The van der Waals surface area contributed by atoms with Gasteiger partial charge in [-0.1, -0.05) is 30.3 Å². The lowest BCUT2D eigenvalue weighted by Gasteiger charge is -2.24. The number of carboxylic acids is 2. The molecule has 3 aromatic carbocycles. The Labute approximate surface area is 247 Å². The Morgan fingerprint density at radius 3 is 1.82 bits per heavy atom. The fourth-order valence-electron chi connectivity index (χ4n) is 3.83. The Kier molecular flexibility index (Phi) is 13.1. The van der Waals surface area contributed by atoms with Gasteiger partial charge in [0.15, 0.2) is 0 Å². The first-order chi connectivity index (χ1) is 20.6. The van der Waals surface area contributed by atoms with Crippen LogP contribution in [0.1, 0.15) is 22.3 Å². The van der Waals surface area contributed by atoms with E-state index in [2.05, 4.69) is 27.2 Å². The zero-order chi connectivity index (χ0) is 32.9. The Balaban J connectivity index is 0.000000402. The van der Waals surface area contributed by atoms with E-state index < -0.39 is 24.3 Å². The normalized spacial score (nSPS) is 13.8. The number of nitrogens with one attached hydrogen (secondary N) is 1. The molecule has 0 aromatic heterocycles. The Morgan fingerprint density at radius 2 is 1.30 bits per heavy atom. The summed E-state index contributed by atoms with van der Waals surface area (Å²) in [7, 11) is 0. The molecule has 1 aliphatic heterocycles. The summed E-state index contributed by atoms with van der Waals surface area (Å²) in [5.41, 5.74) is 3.60. The van der Waals surface area contributed by atoms with Crippen molar-refractivity contribution in [2.24, 2.45) is 0 Å². The highest BCUT2D eigenvalue weighted by atomic mass is 19.4. The molecule has 1 fully saturated rings. The van der Waals surface area contributed by atoms with Crippen LogP contribution in [-0.4, -0.2) is 71.5 Å². The van der Waals surface area contributed by atoms with Gasteiger partial charge in [0.05, 0.1) is 0 Å². The van der Waals surface area contributed by atoms with Gasteiger partial charge in [0.1, 0.15) is 5.82 Å². The van der Waals surface area contributed by atoms with Gasteiger partial charge in [-0.3, -0.25) is 9.69 Å². The van der Waals surface area contributed by atoms with E-state index in [1.807, 2.05) is 36.4 Å². The quantitative estimate of drug-likeness (QED) is 0.294. The number of halogens is 7. The number of aliphatic carboxylic acids is 2. The molecule has 1 saturated heterocycles. The number of hydrogen-bond acceptors (Lipinski definition) is 5. The van der Waals surface area contributed by atoms with Gasteiger partial charge in [-0.05, 0) is 60.5 Å². The van der Waals surface area contributed by atoms with Crippen molar-refractivity contribution in [1.82, 2.24) is 4.90 Å². The topological polar surface area (TPSA) is 110 Å². The second-order valence-electron chi connectivity index (χ2n) is 9.22. The van der Waals surface area contributed by atoms with Crippen LogP contribution in [0.5, 0.6) is 0 Å². The molecule has 15 heteroatoms. The van der Waals surface area contributed by atoms with E-state index in [0.717, 1.165) is 56.1 Å². The molecule has 3 aromatic rings. The molecule has 0 bridgehead atoms. The van der Waals surface area contributed by atoms with E-state index in [1.165, 1.54) is 6.07 Å². The highest BCUT2D eigenvalue weighted by Crippen LogP contribution is 2.21. The van der Waals surface area contributed by atoms with E-state index in [9.17, 15) is 35.5 Å². The van der Waals surface area contributed by atoms with Crippen molar-refractivity contribution >= 4 is 29.2 Å². The molecule has 1 aliphatic rings. The van der Waals surface area contributed by atoms with Crippen LogP contribution in [0, 0.1) is 5.82 Å². The second kappa shape index (κ2) is 16.3. The highest BCUT2D eigenvalue weighted by Gasteiger charge is 2.38. The standard InChI is InChI=1S/C25H26FN3O.2C2HF3O2/c26-22-9-4-6-20(18-22)19-28-14-5-15-29(17-16-28)24-12-10-23(11-13-24)27-25(30)21-7-2-1-3-8-21;2*3-2(4,5)1(6)7/h1-4,6-13,18H,5,14-17,19H2,(H,27,30);2*(H,6,7). The van der Waals surface area contributed by atoms with E-state index in [-0.39, 0.29) is 11.7 Å². The van der Waals surface area contributed by atoms with Crippen LogP contribution in [0.15, 0.2) is 78.9 Å². The zero-order valence-electron chi connectivity index (χ0n) is 22.9. The van der Waals surface area contributed by atoms with Gasteiger partial charge >= 0.3 is 24.3 Å². The smallest absolute Gasteiger partial charge is 0.475 e. The van der Waals surface area contributed by atoms with Crippen LogP contribution in [0.2, 0.25) is 0 Å². The number of amides is 1. The van der Waals surface area contributed by atoms with Crippen molar-refractivity contribution in [2.75, 3.05) is 36.4 Å². The first-order valence-corrected chi connectivity index (χ1v) is 12.8. The number of benzene rings is 3. The third-order valence-corrected chi connectivity index (χ3v) is 5.90. The van der Waals surface area contributed by atoms with Gasteiger partial charge in [-0.15, -0.1) is 0 Å². The van der Waals surface area contributed by atoms with E-state index in [0.29, 0.717) is 5.56 Å². The first kappa shape index (κ1) is 35.5. The summed E-state index contributed by atoms with van der Waals surface area (Å²) in [5, 5.41) is 17.2. The molecule has 0 radical (unpaired) electrons. The molecule has 238 valence electrons. The number of anilines is 2. The summed E-state index contributed by atoms with van der Waals surface area (Å²) in [6.07, 6.45) is -9.11. The van der Waals surface area contributed by atoms with Crippen LogP contribution in [0.4, 0.5) is 42.1 Å². The number of carbonyl (C=O) groups is 3. The average Bonchev–Trinajstić information content (AvgIpc) is 3.19. The van der Waals surface area contributed by atoms with Gasteiger partial charge in [0, 0.05) is 49.7 Å². The molecule has 0 spiro atoms. The van der Waals surface area contributed by atoms with Gasteiger partial charge < -0.3 is 20.4 Å². The van der Waals surface area contributed by atoms with Crippen LogP contribution >= 0.6 is 0 Å². The van der Waals surface area contributed by atoms with Crippen molar-refractivity contribution in [3.05, 3.63) is 95.8 Å². The van der Waals surface area contributed by atoms with Crippen LogP contribution in [0.25, 0.3) is 0 Å². The lowest BCUT2D eigenvalue weighted by atomic mass is 10.2. The first-order valence-electron chi connectivity index (χ1n) is 12.8. The molecule has 0 unspecified atom stereocenters. The summed E-state index contributed by atoms with van der Waals surface area (Å²) in [6.45, 7) is 4.61. The van der Waals surface area contributed by atoms with Crippen molar-refractivity contribution < 1.29 is 55.3 Å². The van der Waals surface area contributed by atoms with Gasteiger partial charge in [0.2, 0.25) is 0 Å². The molecule has 4 rings (SSSR count). The molecule has 0 aliphatic carbocycles. The summed E-state index contributed by atoms with van der Waals surface area (Å²) in [5.74, 6) is -5.80. The molecule has 8 nitrogen and oxygen atoms in total. The lowest BCUT2D eigenvalue weighted by molar-refractivity contribution is -0.193. The minimum atomic E-state index is -5.08. The maximum Gasteiger partial charge on any atom is 0.490 e. The zero-order valence-corrected chi connectivity index (χ0v) is 22.9. The Morgan fingerprint density at radius 1 is 0.727 bits per heavy atom. The largest absolute Gasteiger partial charge is 0.490 e. The van der Waals surface area contributed by atoms with Crippen molar-refractivity contribution in [2.45, 2.75) is 25.3 Å². The van der Waals surface area contributed by atoms with Crippen molar-refractivity contribution in [3.63, 3.8) is 0 Å². The molecule has 0 saturated carbocycles. The average molecular weight is 632 g/mol. The predicted molar refractivity (Wildman–Crippen MR) is 147 cm³/mol. The number of nitrogens with zero attached hydrogens (tertiary/aromatic N) is 2. The SMILES string of the molecule is O=C(Nc1ccc(N2CCCN(Cc3cccc(F)c3)CC2)cc1)c1ccccc1.O=C(O)C(F)(F)F.O=C(O)C(F)(F)F. The van der Waals surface area contributed by atoms with Gasteiger partial charge in [0.25, 0.3) is 5.91 Å². The summed E-state index contributed by atoms with van der Waals surface area (Å²) >= 11 is 0. The van der Waals surface area contributed by atoms with E-state index in [1.54, 1.807) is 24.3 Å². The fraction of sp³-hybridized carbons (Fsp3) is 0.276.